The third-order valence-corrected chi connectivity index (χ3v) is 7.10. The molecule has 0 spiro atoms. The lowest BCUT2D eigenvalue weighted by Gasteiger charge is -2.47. The topological polar surface area (TPSA) is 152 Å². The fourth-order valence-electron chi connectivity index (χ4n) is 4.54. The molecular formula is C25H21Cl2N9O2. The molecule has 6 rings (SSSR count). The maximum absolute atomic E-state index is 11.3. The quantitative estimate of drug-likeness (QED) is 0.288. The minimum absolute atomic E-state index is 0.267. The van der Waals surface area contributed by atoms with Crippen LogP contribution in [0.15, 0.2) is 59.7 Å². The van der Waals surface area contributed by atoms with Crippen molar-refractivity contribution < 1.29 is 4.74 Å². The van der Waals surface area contributed by atoms with Crippen LogP contribution in [0.3, 0.4) is 0 Å². The zero-order valence-corrected chi connectivity index (χ0v) is 21.5. The van der Waals surface area contributed by atoms with Gasteiger partial charge in [-0.25, -0.2) is 5.10 Å². The number of hydrogen-bond donors (Lipinski definition) is 3. The Balaban J connectivity index is 1.20. The first-order chi connectivity index (χ1) is 18.3. The Bertz CT molecular complexity index is 1660. The monoisotopic (exact) mass is 549 g/mol. The number of nitrogens with zero attached hydrogens (tertiary/aromatic N) is 6. The van der Waals surface area contributed by atoms with Crippen LogP contribution < -0.4 is 20.9 Å². The minimum Gasteiger partial charge on any atom is -0.486 e. The van der Waals surface area contributed by atoms with E-state index in [0.29, 0.717) is 57.3 Å². The van der Waals surface area contributed by atoms with E-state index in [2.05, 4.69) is 35.6 Å². The van der Waals surface area contributed by atoms with E-state index >= 15 is 0 Å². The van der Waals surface area contributed by atoms with Crippen LogP contribution in [-0.2, 0) is 5.54 Å². The summed E-state index contributed by atoms with van der Waals surface area (Å²) >= 11 is 12.6. The fraction of sp³-hybridized carbons (Fsp3) is 0.200. The zero-order chi connectivity index (χ0) is 26.4. The van der Waals surface area contributed by atoms with E-state index in [1.807, 2.05) is 42.2 Å². The van der Waals surface area contributed by atoms with E-state index in [1.165, 1.54) is 18.5 Å². The van der Waals surface area contributed by atoms with Crippen LogP contribution in [0.2, 0.25) is 10.0 Å². The molecule has 4 N–H and O–H groups in total. The number of halogens is 2. The molecule has 0 aliphatic carbocycles. The Hall–Kier alpha value is -4.06. The van der Waals surface area contributed by atoms with E-state index < -0.39 is 11.6 Å². The number of aromatic nitrogens is 7. The fourth-order valence-corrected chi connectivity index (χ4v) is 5.21. The summed E-state index contributed by atoms with van der Waals surface area (Å²) < 4.78 is 6.15. The molecule has 0 amide bonds. The van der Waals surface area contributed by atoms with Crippen LogP contribution in [0, 0.1) is 0 Å². The molecule has 4 aromatic heterocycles. The number of nitrogens with one attached hydrogen (secondary N) is 2. The van der Waals surface area contributed by atoms with Gasteiger partial charge in [0.15, 0.2) is 5.82 Å². The van der Waals surface area contributed by atoms with Crippen LogP contribution in [0.25, 0.3) is 22.3 Å². The predicted molar refractivity (Wildman–Crippen MR) is 143 cm³/mol. The van der Waals surface area contributed by atoms with Gasteiger partial charge >= 0.3 is 0 Å². The standard InChI is InChI=1S/C25H21Cl2N9O2/c1-13(23-16(26)9-29-10-17(23)27)38-14-2-3-18-15(8-14)24(35-30-18)19-4-6-21(33-31-19)36-11-25(28,12-36)20-5-7-22(37)34-32-20/h2-10,13H,11-12,28H2,1H3,(H,30,35)(H,34,37)/t13-/m1/s1. The van der Waals surface area contributed by atoms with Crippen molar-refractivity contribution in [2.45, 2.75) is 18.6 Å². The summed E-state index contributed by atoms with van der Waals surface area (Å²) in [5.41, 5.74) is 8.89. The normalized spacial score (nSPS) is 15.3. The highest BCUT2D eigenvalue weighted by molar-refractivity contribution is 6.35. The Labute approximate surface area is 226 Å². The molecule has 1 atom stereocenters. The highest BCUT2D eigenvalue weighted by Gasteiger charge is 2.43. The van der Waals surface area contributed by atoms with E-state index in [4.69, 9.17) is 33.7 Å². The number of ether oxygens (including phenoxy) is 1. The predicted octanol–water partition coefficient (Wildman–Crippen LogP) is 3.62. The highest BCUT2D eigenvalue weighted by atomic mass is 35.5. The number of nitrogens with two attached hydrogens (primary N) is 1. The van der Waals surface area contributed by atoms with Gasteiger partial charge in [-0.15, -0.1) is 10.2 Å². The average Bonchev–Trinajstić information content (AvgIpc) is 3.30. The molecule has 38 heavy (non-hydrogen) atoms. The number of fused-ring (bicyclic) bond motifs is 1. The summed E-state index contributed by atoms with van der Waals surface area (Å²) in [6.07, 6.45) is 2.68. The lowest BCUT2D eigenvalue weighted by Crippen LogP contribution is -2.65. The molecule has 0 bridgehead atoms. The SMILES string of the molecule is C[C@@H](Oc1ccc2[nH]nc(-c3ccc(N4CC(N)(c5ccc(=O)[nH]n5)C4)nn3)c2c1)c1c(Cl)cncc1Cl. The van der Waals surface area contributed by atoms with Crippen LogP contribution in [0.1, 0.15) is 24.3 Å². The number of aromatic amines is 2. The van der Waals surface area contributed by atoms with Crippen LogP contribution in [0.4, 0.5) is 5.82 Å². The van der Waals surface area contributed by atoms with Crippen LogP contribution >= 0.6 is 23.2 Å². The van der Waals surface area contributed by atoms with Gasteiger partial charge in [-0.05, 0) is 43.3 Å². The maximum atomic E-state index is 11.3. The molecule has 5 heterocycles. The lowest BCUT2D eigenvalue weighted by molar-refractivity contribution is 0.227. The molecule has 1 aliphatic rings. The smallest absolute Gasteiger partial charge is 0.264 e. The number of H-pyrrole nitrogens is 2. The van der Waals surface area contributed by atoms with Crippen molar-refractivity contribution in [2.24, 2.45) is 5.73 Å². The molecular weight excluding hydrogens is 529 g/mol. The molecule has 5 aromatic rings. The second-order valence-corrected chi connectivity index (χ2v) is 9.97. The van der Waals surface area contributed by atoms with Crippen molar-refractivity contribution in [3.05, 3.63) is 86.5 Å². The van der Waals surface area contributed by atoms with E-state index in [1.54, 1.807) is 6.07 Å². The molecule has 1 aromatic carbocycles. The first-order valence-corrected chi connectivity index (χ1v) is 12.4. The Morgan fingerprint density at radius 3 is 2.50 bits per heavy atom. The molecule has 1 saturated heterocycles. The molecule has 0 radical (unpaired) electrons. The van der Waals surface area contributed by atoms with E-state index in [-0.39, 0.29) is 5.56 Å². The average molecular weight is 550 g/mol. The van der Waals surface area contributed by atoms with Gasteiger partial charge in [-0.3, -0.25) is 14.9 Å². The van der Waals surface area contributed by atoms with E-state index in [9.17, 15) is 4.79 Å². The second-order valence-electron chi connectivity index (χ2n) is 9.15. The van der Waals surface area contributed by atoms with Crippen molar-refractivity contribution in [2.75, 3.05) is 18.0 Å². The number of hydrogen-bond acceptors (Lipinski definition) is 9. The summed E-state index contributed by atoms with van der Waals surface area (Å²) in [5, 5.41) is 24.5. The van der Waals surface area contributed by atoms with Crippen molar-refractivity contribution in [1.82, 2.24) is 35.6 Å². The largest absolute Gasteiger partial charge is 0.486 e. The van der Waals surface area contributed by atoms with Crippen molar-refractivity contribution in [3.8, 4) is 17.1 Å². The Morgan fingerprint density at radius 2 is 1.82 bits per heavy atom. The van der Waals surface area contributed by atoms with Crippen molar-refractivity contribution in [3.63, 3.8) is 0 Å². The third kappa shape index (κ3) is 4.34. The van der Waals surface area contributed by atoms with Gasteiger partial charge in [0.25, 0.3) is 5.56 Å². The number of rotatable bonds is 6. The third-order valence-electron chi connectivity index (χ3n) is 6.50. The summed E-state index contributed by atoms with van der Waals surface area (Å²) in [7, 11) is 0. The van der Waals surface area contributed by atoms with Crippen molar-refractivity contribution >= 4 is 39.9 Å². The van der Waals surface area contributed by atoms with Crippen LogP contribution in [0.5, 0.6) is 5.75 Å². The summed E-state index contributed by atoms with van der Waals surface area (Å²) in [6.45, 7) is 2.86. The molecule has 0 saturated carbocycles. The Kier molecular flexibility index (Phi) is 5.98. The van der Waals surface area contributed by atoms with Gasteiger partial charge < -0.3 is 15.4 Å². The first kappa shape index (κ1) is 24.3. The molecule has 1 aliphatic heterocycles. The molecule has 1 fully saturated rings. The minimum atomic E-state index is -0.665. The maximum Gasteiger partial charge on any atom is 0.264 e. The molecule has 192 valence electrons. The Morgan fingerprint density at radius 1 is 1.03 bits per heavy atom. The van der Waals surface area contributed by atoms with Gasteiger partial charge in [0.1, 0.15) is 23.2 Å². The zero-order valence-electron chi connectivity index (χ0n) is 20.0. The number of pyridine rings is 1. The first-order valence-electron chi connectivity index (χ1n) is 11.7. The number of anilines is 1. The van der Waals surface area contributed by atoms with Gasteiger partial charge in [0.2, 0.25) is 0 Å². The number of benzene rings is 1. The van der Waals surface area contributed by atoms with E-state index in [0.717, 1.165) is 10.9 Å². The summed E-state index contributed by atoms with van der Waals surface area (Å²) in [6, 6.07) is 12.4. The van der Waals surface area contributed by atoms with Crippen LogP contribution in [-0.4, -0.2) is 48.7 Å². The van der Waals surface area contributed by atoms with Gasteiger partial charge in [-0.1, -0.05) is 23.2 Å². The molecule has 11 nitrogen and oxygen atoms in total. The summed E-state index contributed by atoms with van der Waals surface area (Å²) in [4.78, 5) is 17.3. The molecule has 0 unspecified atom stereocenters. The van der Waals surface area contributed by atoms with Gasteiger partial charge in [0, 0.05) is 42.5 Å². The summed E-state index contributed by atoms with van der Waals surface area (Å²) in [5.74, 6) is 1.31. The van der Waals surface area contributed by atoms with Crippen molar-refractivity contribution in [1.29, 1.82) is 0 Å². The molecule has 13 heteroatoms. The lowest BCUT2D eigenvalue weighted by atomic mass is 9.87. The van der Waals surface area contributed by atoms with Gasteiger partial charge in [-0.2, -0.15) is 10.2 Å². The highest BCUT2D eigenvalue weighted by Crippen LogP contribution is 2.35. The second kappa shape index (κ2) is 9.35. The van der Waals surface area contributed by atoms with Gasteiger partial charge in [0.05, 0.1) is 26.8 Å².